The number of fused-ring (bicyclic) bond motifs is 1. The lowest BCUT2D eigenvalue weighted by Gasteiger charge is -2.30. The number of rotatable bonds is 9. The van der Waals surface area contributed by atoms with Crippen LogP contribution < -0.4 is 10.6 Å². The first-order valence-electron chi connectivity index (χ1n) is 18.5. The van der Waals surface area contributed by atoms with E-state index in [1.54, 1.807) is 16.0 Å². The molecule has 14 heteroatoms. The fourth-order valence-electron chi connectivity index (χ4n) is 7.07. The number of likely N-dealkylation sites (tertiary alicyclic amines) is 1. The second kappa shape index (κ2) is 16.5. The van der Waals surface area contributed by atoms with Crippen molar-refractivity contribution in [3.05, 3.63) is 83.1 Å². The Kier molecular flexibility index (Phi) is 11.6. The fraction of sp³-hybridized carbons (Fsp3) is 0.415. The van der Waals surface area contributed by atoms with Crippen LogP contribution in [-0.4, -0.2) is 93.1 Å². The second-order valence-corrected chi connectivity index (χ2v) is 14.7. The molecular formula is C41H48N8O6. The maximum Gasteiger partial charge on any atom is 0.407 e. The molecule has 0 spiro atoms. The molecule has 1 saturated heterocycles. The molecule has 1 fully saturated rings. The molecule has 2 aliphatic rings. The number of alkyl carbamates (subject to hydrolysis) is 2. The molecule has 55 heavy (non-hydrogen) atoms. The zero-order valence-electron chi connectivity index (χ0n) is 32.2. The highest BCUT2D eigenvalue weighted by Crippen LogP contribution is 2.33. The number of carbonyl (C=O) groups is 4. The highest BCUT2D eigenvalue weighted by molar-refractivity contribution is 5.88. The molecule has 0 saturated carbocycles. The molecule has 2 aromatic heterocycles. The number of hydrogen-bond donors (Lipinski definition) is 4. The van der Waals surface area contributed by atoms with Gasteiger partial charge in [-0.05, 0) is 67.5 Å². The third-order valence-corrected chi connectivity index (χ3v) is 10.0. The minimum Gasteiger partial charge on any atom is -0.453 e. The normalized spacial score (nSPS) is 17.8. The molecule has 288 valence electrons. The van der Waals surface area contributed by atoms with Crippen molar-refractivity contribution in [1.29, 1.82) is 0 Å². The number of ether oxygens (including phenoxy) is 2. The van der Waals surface area contributed by atoms with Crippen LogP contribution in [0.4, 0.5) is 9.59 Å². The van der Waals surface area contributed by atoms with Crippen molar-refractivity contribution in [1.82, 2.24) is 40.4 Å². The molecule has 0 bridgehead atoms. The van der Waals surface area contributed by atoms with Gasteiger partial charge in [0.15, 0.2) is 0 Å². The Morgan fingerprint density at radius 2 is 1.45 bits per heavy atom. The lowest BCUT2D eigenvalue weighted by Crippen LogP contribution is -2.51. The van der Waals surface area contributed by atoms with Gasteiger partial charge in [-0.25, -0.2) is 19.6 Å². The lowest BCUT2D eigenvalue weighted by molar-refractivity contribution is -0.136. The van der Waals surface area contributed by atoms with E-state index in [9.17, 15) is 19.2 Å². The van der Waals surface area contributed by atoms with Gasteiger partial charge in [0.05, 0.1) is 43.2 Å². The number of hydrogen-bond acceptors (Lipinski definition) is 8. The quantitative estimate of drug-likeness (QED) is 0.126. The van der Waals surface area contributed by atoms with Gasteiger partial charge in [0, 0.05) is 24.2 Å². The van der Waals surface area contributed by atoms with E-state index in [2.05, 4.69) is 37.4 Å². The van der Waals surface area contributed by atoms with Crippen LogP contribution in [0, 0.1) is 23.7 Å². The van der Waals surface area contributed by atoms with Crippen molar-refractivity contribution in [2.45, 2.75) is 71.6 Å². The molecular weight excluding hydrogens is 701 g/mol. The third kappa shape index (κ3) is 8.51. The number of amides is 4. The average molecular weight is 749 g/mol. The molecule has 0 radical (unpaired) electrons. The summed E-state index contributed by atoms with van der Waals surface area (Å²) < 4.78 is 9.50. The van der Waals surface area contributed by atoms with Crippen LogP contribution >= 0.6 is 0 Å². The smallest absolute Gasteiger partial charge is 0.407 e. The third-order valence-electron chi connectivity index (χ3n) is 10.0. The number of aromatic amines is 2. The van der Waals surface area contributed by atoms with Crippen LogP contribution in [0.15, 0.2) is 60.3 Å². The summed E-state index contributed by atoms with van der Waals surface area (Å²) in [7, 11) is 2.56. The largest absolute Gasteiger partial charge is 0.453 e. The monoisotopic (exact) mass is 748 g/mol. The van der Waals surface area contributed by atoms with E-state index in [1.165, 1.54) is 14.2 Å². The maximum atomic E-state index is 13.7. The maximum absolute atomic E-state index is 13.7. The minimum absolute atomic E-state index is 0.112. The molecule has 4 amide bonds. The summed E-state index contributed by atoms with van der Waals surface area (Å²) in [6.45, 7) is 10.5. The predicted octanol–water partition coefficient (Wildman–Crippen LogP) is 5.61. The molecule has 4 N–H and O–H groups in total. The number of methoxy groups -OCH3 is 2. The van der Waals surface area contributed by atoms with E-state index < -0.39 is 30.3 Å². The second-order valence-electron chi connectivity index (χ2n) is 14.7. The SMILES string of the molecule is COC(=O)N[C@H](C(=O)N1CC(C)=C[C@H]1c1nc2ccc(C#Cc3ccc(-c4cnc([C@@H]5CCCN5C(=O)[C@@H](NC(=O)OC)C(C)C)[nH]4)cc3)cc2[nH]1)C(C)C. The van der Waals surface area contributed by atoms with Crippen LogP contribution in [-0.2, 0) is 19.1 Å². The van der Waals surface area contributed by atoms with E-state index in [4.69, 9.17) is 14.5 Å². The van der Waals surface area contributed by atoms with Crippen molar-refractivity contribution in [2.24, 2.45) is 11.8 Å². The first kappa shape index (κ1) is 38.6. The van der Waals surface area contributed by atoms with Gasteiger partial charge in [-0.3, -0.25) is 9.59 Å². The van der Waals surface area contributed by atoms with Crippen molar-refractivity contribution >= 4 is 35.0 Å². The van der Waals surface area contributed by atoms with E-state index in [1.807, 2.05) is 83.2 Å². The van der Waals surface area contributed by atoms with E-state index in [-0.39, 0.29) is 29.7 Å². The molecule has 0 unspecified atom stereocenters. The van der Waals surface area contributed by atoms with Crippen molar-refractivity contribution in [2.75, 3.05) is 27.3 Å². The number of benzene rings is 2. The van der Waals surface area contributed by atoms with Gasteiger partial charge in [-0.2, -0.15) is 0 Å². The summed E-state index contributed by atoms with van der Waals surface area (Å²) in [5, 5.41) is 5.36. The fourth-order valence-corrected chi connectivity index (χ4v) is 7.07. The van der Waals surface area contributed by atoms with E-state index >= 15 is 0 Å². The highest BCUT2D eigenvalue weighted by Gasteiger charge is 2.38. The summed E-state index contributed by atoms with van der Waals surface area (Å²) in [5.74, 6) is 7.21. The molecule has 14 nitrogen and oxygen atoms in total. The first-order chi connectivity index (χ1) is 26.4. The number of aromatic nitrogens is 4. The topological polar surface area (TPSA) is 175 Å². The zero-order valence-corrected chi connectivity index (χ0v) is 32.2. The minimum atomic E-state index is -0.742. The highest BCUT2D eigenvalue weighted by atomic mass is 16.5. The molecule has 2 aliphatic heterocycles. The Morgan fingerprint density at radius 1 is 0.836 bits per heavy atom. The Bertz CT molecular complexity index is 2160. The Balaban J connectivity index is 1.14. The molecule has 0 aliphatic carbocycles. The summed E-state index contributed by atoms with van der Waals surface area (Å²) >= 11 is 0. The molecule has 4 atom stereocenters. The predicted molar refractivity (Wildman–Crippen MR) is 206 cm³/mol. The van der Waals surface area contributed by atoms with Gasteiger partial charge >= 0.3 is 12.2 Å². The average Bonchev–Trinajstić information content (AvgIpc) is 4.00. The lowest BCUT2D eigenvalue weighted by atomic mass is 10.0. The summed E-state index contributed by atoms with van der Waals surface area (Å²) in [5.41, 5.74) is 5.98. The van der Waals surface area contributed by atoms with E-state index in [0.29, 0.717) is 24.7 Å². The zero-order chi connectivity index (χ0) is 39.4. The van der Waals surface area contributed by atoms with Gasteiger partial charge in [-0.1, -0.05) is 63.3 Å². The van der Waals surface area contributed by atoms with Gasteiger partial charge in [0.1, 0.15) is 29.8 Å². The van der Waals surface area contributed by atoms with Crippen LogP contribution in [0.3, 0.4) is 0 Å². The number of nitrogens with one attached hydrogen (secondary N) is 4. The number of nitrogens with zero attached hydrogens (tertiary/aromatic N) is 4. The van der Waals surface area contributed by atoms with Crippen LogP contribution in [0.1, 0.15) is 82.3 Å². The number of imidazole rings is 2. The van der Waals surface area contributed by atoms with Crippen LogP contribution in [0.25, 0.3) is 22.3 Å². The number of H-pyrrole nitrogens is 2. The van der Waals surface area contributed by atoms with Crippen molar-refractivity contribution in [3.8, 4) is 23.1 Å². The van der Waals surface area contributed by atoms with Gasteiger partial charge in [0.2, 0.25) is 11.8 Å². The van der Waals surface area contributed by atoms with Gasteiger partial charge < -0.3 is 39.9 Å². The van der Waals surface area contributed by atoms with Crippen molar-refractivity contribution in [3.63, 3.8) is 0 Å². The van der Waals surface area contributed by atoms with Crippen LogP contribution in [0.2, 0.25) is 0 Å². The Labute approximate surface area is 320 Å². The molecule has 4 aromatic rings. The Hall–Kier alpha value is -6.10. The summed E-state index contributed by atoms with van der Waals surface area (Å²) in [6, 6.07) is 11.6. The van der Waals surface area contributed by atoms with Gasteiger partial charge in [0.25, 0.3) is 0 Å². The van der Waals surface area contributed by atoms with Crippen molar-refractivity contribution < 1.29 is 28.7 Å². The standard InChI is InChI=1S/C41H48N8O6/c1-23(2)34(46-40(52)54-6)38(50)48-18-8-9-32(48)36-42-21-31(45-36)28-15-12-26(13-16-28)10-11-27-14-17-29-30(20-27)44-37(43-29)33-19-25(5)22-49(33)39(51)35(24(3)4)47-41(53)55-7/h12-17,19-21,23-24,32-35H,8-9,18,22H2,1-7H3,(H,42,45)(H,43,44)(H,46,52)(H,47,53)/t32-,33-,34-,35-/m0/s1. The molecule has 2 aromatic carbocycles. The molecule has 4 heterocycles. The summed E-state index contributed by atoms with van der Waals surface area (Å²) in [6.07, 6.45) is 4.12. The molecule has 6 rings (SSSR count). The Morgan fingerprint density at radius 3 is 2.09 bits per heavy atom. The number of carbonyl (C=O) groups excluding carboxylic acids is 4. The first-order valence-corrected chi connectivity index (χ1v) is 18.5. The van der Waals surface area contributed by atoms with E-state index in [0.717, 1.165) is 51.8 Å². The summed E-state index contributed by atoms with van der Waals surface area (Å²) in [4.78, 5) is 70.8. The van der Waals surface area contributed by atoms with Crippen LogP contribution in [0.5, 0.6) is 0 Å². The van der Waals surface area contributed by atoms with Gasteiger partial charge in [-0.15, -0.1) is 0 Å².